The van der Waals surface area contributed by atoms with E-state index in [4.69, 9.17) is 11.6 Å². The fourth-order valence-electron chi connectivity index (χ4n) is 3.39. The molecule has 0 aliphatic carbocycles. The van der Waals surface area contributed by atoms with Crippen LogP contribution in [0.25, 0.3) is 10.9 Å². The Hall–Kier alpha value is -1.32. The molecule has 0 bridgehead atoms. The smallest absolute Gasteiger partial charge is 0.0737 e. The molecule has 0 saturated carbocycles. The first-order valence-corrected chi connectivity index (χ1v) is 9.67. The summed E-state index contributed by atoms with van der Waals surface area (Å²) in [4.78, 5) is 7.09. The van der Waals surface area contributed by atoms with Gasteiger partial charge in [0.2, 0.25) is 0 Å². The average molecular weight is 362 g/mol. The van der Waals surface area contributed by atoms with Gasteiger partial charge in [0.05, 0.1) is 5.52 Å². The van der Waals surface area contributed by atoms with E-state index < -0.39 is 0 Å². The van der Waals surface area contributed by atoms with Gasteiger partial charge >= 0.3 is 0 Å². The fourth-order valence-corrected chi connectivity index (χ4v) is 3.56. The predicted octanol–water partition coefficient (Wildman–Crippen LogP) is 5.61. The molecule has 4 heteroatoms. The van der Waals surface area contributed by atoms with Gasteiger partial charge in [-0.25, -0.2) is 0 Å². The lowest BCUT2D eigenvalue weighted by molar-refractivity contribution is 0.214. The highest BCUT2D eigenvalue weighted by molar-refractivity contribution is 6.31. The Morgan fingerprint density at radius 1 is 1.04 bits per heavy atom. The number of halogens is 1. The average Bonchev–Trinajstić information content (AvgIpc) is 2.48. The molecular formula is C21H32ClN3. The SMILES string of the molecule is Cc1cnc2cc(Cl)ccc2c1NC(C)CN(CC(C)C)CC(C)C. The maximum Gasteiger partial charge on any atom is 0.0737 e. The number of nitrogens with one attached hydrogen (secondary N) is 1. The molecule has 0 saturated heterocycles. The van der Waals surface area contributed by atoms with Crippen LogP contribution in [0.3, 0.4) is 0 Å². The van der Waals surface area contributed by atoms with Crippen molar-refractivity contribution in [2.45, 2.75) is 47.6 Å². The first-order chi connectivity index (χ1) is 11.8. The van der Waals surface area contributed by atoms with Crippen LogP contribution in [0.1, 0.15) is 40.2 Å². The maximum atomic E-state index is 6.12. The van der Waals surface area contributed by atoms with Crippen molar-refractivity contribution in [3.63, 3.8) is 0 Å². The fraction of sp³-hybridized carbons (Fsp3) is 0.571. The lowest BCUT2D eigenvalue weighted by atomic mass is 10.1. The molecule has 0 aliphatic heterocycles. The van der Waals surface area contributed by atoms with E-state index in [1.165, 1.54) is 11.3 Å². The first kappa shape index (κ1) is 20.0. The van der Waals surface area contributed by atoms with Gasteiger partial charge in [-0.15, -0.1) is 0 Å². The summed E-state index contributed by atoms with van der Waals surface area (Å²) in [5.41, 5.74) is 3.28. The number of aromatic nitrogens is 1. The van der Waals surface area contributed by atoms with Crippen molar-refractivity contribution in [1.82, 2.24) is 9.88 Å². The van der Waals surface area contributed by atoms with E-state index in [2.05, 4.69) is 62.8 Å². The van der Waals surface area contributed by atoms with Crippen molar-refractivity contribution in [2.75, 3.05) is 25.0 Å². The van der Waals surface area contributed by atoms with Gasteiger partial charge in [0, 0.05) is 48.0 Å². The van der Waals surface area contributed by atoms with Crippen LogP contribution in [0.5, 0.6) is 0 Å². The zero-order valence-electron chi connectivity index (χ0n) is 16.4. The van der Waals surface area contributed by atoms with Gasteiger partial charge < -0.3 is 10.2 Å². The Labute approximate surface area is 157 Å². The number of anilines is 1. The molecule has 0 spiro atoms. The highest BCUT2D eigenvalue weighted by Crippen LogP contribution is 2.28. The van der Waals surface area contributed by atoms with E-state index in [-0.39, 0.29) is 0 Å². The zero-order valence-corrected chi connectivity index (χ0v) is 17.2. The van der Waals surface area contributed by atoms with Gasteiger partial charge in [0.25, 0.3) is 0 Å². The van der Waals surface area contributed by atoms with Crippen LogP contribution in [0.15, 0.2) is 24.4 Å². The van der Waals surface area contributed by atoms with Crippen LogP contribution in [0, 0.1) is 18.8 Å². The number of rotatable bonds is 8. The molecule has 0 fully saturated rings. The number of hydrogen-bond acceptors (Lipinski definition) is 3. The zero-order chi connectivity index (χ0) is 18.6. The maximum absolute atomic E-state index is 6.12. The second-order valence-corrected chi connectivity index (χ2v) is 8.47. The molecule has 1 unspecified atom stereocenters. The number of aryl methyl sites for hydroxylation is 1. The quantitative estimate of drug-likeness (QED) is 0.662. The summed E-state index contributed by atoms with van der Waals surface area (Å²) < 4.78 is 0. The third-order valence-corrected chi connectivity index (χ3v) is 4.43. The first-order valence-electron chi connectivity index (χ1n) is 9.30. The van der Waals surface area contributed by atoms with E-state index in [9.17, 15) is 0 Å². The molecule has 138 valence electrons. The van der Waals surface area contributed by atoms with Crippen molar-refractivity contribution < 1.29 is 0 Å². The summed E-state index contributed by atoms with van der Waals surface area (Å²) in [6.45, 7) is 16.8. The number of hydrogen-bond donors (Lipinski definition) is 1. The Morgan fingerprint density at radius 2 is 1.68 bits per heavy atom. The summed E-state index contributed by atoms with van der Waals surface area (Å²) in [6, 6.07) is 6.28. The molecule has 2 rings (SSSR count). The van der Waals surface area contributed by atoms with Gasteiger partial charge in [-0.2, -0.15) is 0 Å². The van der Waals surface area contributed by atoms with Crippen LogP contribution in [-0.4, -0.2) is 35.6 Å². The number of fused-ring (bicyclic) bond motifs is 1. The number of pyridine rings is 1. The molecule has 0 amide bonds. The number of nitrogens with zero attached hydrogens (tertiary/aromatic N) is 2. The van der Waals surface area contributed by atoms with Crippen molar-refractivity contribution in [2.24, 2.45) is 11.8 Å². The van der Waals surface area contributed by atoms with E-state index in [0.29, 0.717) is 17.9 Å². The third-order valence-electron chi connectivity index (χ3n) is 4.19. The van der Waals surface area contributed by atoms with Crippen molar-refractivity contribution in [3.05, 3.63) is 35.0 Å². The van der Waals surface area contributed by atoms with Crippen LogP contribution in [0.4, 0.5) is 5.69 Å². The van der Waals surface area contributed by atoms with E-state index in [1.807, 2.05) is 18.3 Å². The highest BCUT2D eigenvalue weighted by Gasteiger charge is 2.15. The molecule has 3 nitrogen and oxygen atoms in total. The molecule has 0 radical (unpaired) electrons. The normalized spacial score (nSPS) is 13.2. The number of benzene rings is 1. The Kier molecular flexibility index (Phi) is 7.09. The van der Waals surface area contributed by atoms with E-state index >= 15 is 0 Å². The molecule has 25 heavy (non-hydrogen) atoms. The van der Waals surface area contributed by atoms with Crippen LogP contribution >= 0.6 is 11.6 Å². The Morgan fingerprint density at radius 3 is 2.28 bits per heavy atom. The topological polar surface area (TPSA) is 28.2 Å². The Bertz CT molecular complexity index is 687. The van der Waals surface area contributed by atoms with E-state index in [1.54, 1.807) is 0 Å². The highest BCUT2D eigenvalue weighted by atomic mass is 35.5. The van der Waals surface area contributed by atoms with Gasteiger partial charge in [0.15, 0.2) is 0 Å². The second-order valence-electron chi connectivity index (χ2n) is 8.03. The summed E-state index contributed by atoms with van der Waals surface area (Å²) >= 11 is 6.12. The lowest BCUT2D eigenvalue weighted by Crippen LogP contribution is -2.39. The molecule has 1 aromatic carbocycles. The van der Waals surface area contributed by atoms with Gasteiger partial charge in [0.1, 0.15) is 0 Å². The monoisotopic (exact) mass is 361 g/mol. The molecule has 1 atom stereocenters. The minimum absolute atomic E-state index is 0.359. The summed E-state index contributed by atoms with van der Waals surface area (Å²) in [6.07, 6.45) is 1.92. The van der Waals surface area contributed by atoms with E-state index in [0.717, 1.165) is 35.6 Å². The molecule has 1 N–H and O–H groups in total. The minimum atomic E-state index is 0.359. The Balaban J connectivity index is 2.17. The summed E-state index contributed by atoms with van der Waals surface area (Å²) in [5.74, 6) is 1.35. The van der Waals surface area contributed by atoms with Crippen LogP contribution < -0.4 is 5.32 Å². The molecule has 1 heterocycles. The van der Waals surface area contributed by atoms with Crippen molar-refractivity contribution in [1.29, 1.82) is 0 Å². The minimum Gasteiger partial charge on any atom is -0.380 e. The van der Waals surface area contributed by atoms with Gasteiger partial charge in [-0.05, 0) is 49.4 Å². The standard InChI is InChI=1S/C21H32ClN3/c1-14(2)11-25(12-15(3)4)13-17(6)24-21-16(5)10-23-20-9-18(22)7-8-19(20)21/h7-10,14-15,17H,11-13H2,1-6H3,(H,23,24). The molecule has 0 aliphatic rings. The van der Waals surface area contributed by atoms with Crippen LogP contribution in [-0.2, 0) is 0 Å². The van der Waals surface area contributed by atoms with Crippen LogP contribution in [0.2, 0.25) is 5.02 Å². The largest absolute Gasteiger partial charge is 0.380 e. The molecule has 2 aromatic rings. The van der Waals surface area contributed by atoms with Gasteiger partial charge in [-0.3, -0.25) is 4.98 Å². The third kappa shape index (κ3) is 5.86. The van der Waals surface area contributed by atoms with Crippen molar-refractivity contribution >= 4 is 28.2 Å². The van der Waals surface area contributed by atoms with Gasteiger partial charge in [-0.1, -0.05) is 39.3 Å². The summed E-state index contributed by atoms with van der Waals surface area (Å²) in [7, 11) is 0. The molecular weight excluding hydrogens is 330 g/mol. The summed E-state index contributed by atoms with van der Waals surface area (Å²) in [5, 5.41) is 5.58. The van der Waals surface area contributed by atoms with Crippen molar-refractivity contribution in [3.8, 4) is 0 Å². The second kappa shape index (κ2) is 8.86. The lowest BCUT2D eigenvalue weighted by Gasteiger charge is -2.30. The predicted molar refractivity (Wildman–Crippen MR) is 111 cm³/mol. The molecule has 1 aromatic heterocycles.